The third kappa shape index (κ3) is 4.51. The number of nitrogens with one attached hydrogen (secondary N) is 1. The molecule has 33 heavy (non-hydrogen) atoms. The van der Waals surface area contributed by atoms with Crippen LogP contribution in [-0.4, -0.2) is 48.1 Å². The molecule has 0 bridgehead atoms. The first-order valence-corrected chi connectivity index (χ1v) is 12.3. The van der Waals surface area contributed by atoms with Crippen LogP contribution in [0, 0.1) is 13.8 Å². The summed E-state index contributed by atoms with van der Waals surface area (Å²) in [5.74, 6) is 0.280. The van der Waals surface area contributed by atoms with Gasteiger partial charge in [-0.2, -0.15) is 9.40 Å². The second-order valence-corrected chi connectivity index (χ2v) is 9.95. The smallest absolute Gasteiger partial charge is 0.243 e. The largest absolute Gasteiger partial charge is 0.497 e. The summed E-state index contributed by atoms with van der Waals surface area (Å²) in [5, 5.41) is 7.55. The number of nitrogens with zero attached hydrogens (tertiary/aromatic N) is 3. The molecule has 1 aliphatic rings. The number of carbonyl (C=O) groups excluding carboxylic acids is 1. The van der Waals surface area contributed by atoms with Crippen LogP contribution in [0.25, 0.3) is 5.69 Å². The molecule has 0 radical (unpaired) electrons. The molecule has 1 fully saturated rings. The molecule has 1 aliphatic heterocycles. The van der Waals surface area contributed by atoms with Crippen LogP contribution in [0.5, 0.6) is 5.75 Å². The van der Waals surface area contributed by atoms with Gasteiger partial charge in [-0.05, 0) is 63.1 Å². The van der Waals surface area contributed by atoms with Crippen molar-refractivity contribution >= 4 is 15.9 Å². The number of benzene rings is 2. The molecule has 8 nitrogen and oxygen atoms in total. The van der Waals surface area contributed by atoms with Crippen molar-refractivity contribution in [3.05, 3.63) is 71.5 Å². The fourth-order valence-corrected chi connectivity index (χ4v) is 5.87. The molecule has 1 N–H and O–H groups in total. The van der Waals surface area contributed by atoms with Gasteiger partial charge in [-0.15, -0.1) is 0 Å². The van der Waals surface area contributed by atoms with Crippen LogP contribution in [0.2, 0.25) is 0 Å². The predicted molar refractivity (Wildman–Crippen MR) is 125 cm³/mol. The minimum Gasteiger partial charge on any atom is -0.497 e. The Labute approximate surface area is 194 Å². The van der Waals surface area contributed by atoms with Gasteiger partial charge in [0.2, 0.25) is 15.9 Å². The third-order valence-corrected chi connectivity index (χ3v) is 7.98. The summed E-state index contributed by atoms with van der Waals surface area (Å²) in [4.78, 5) is 13.2. The average Bonchev–Trinajstić information content (AvgIpc) is 3.44. The minimum atomic E-state index is -3.79. The van der Waals surface area contributed by atoms with E-state index in [0.29, 0.717) is 25.1 Å². The molecule has 4 rings (SSSR count). The van der Waals surface area contributed by atoms with Crippen molar-refractivity contribution in [2.45, 2.75) is 44.2 Å². The van der Waals surface area contributed by atoms with E-state index in [1.807, 2.05) is 48.9 Å². The number of hydrogen-bond donors (Lipinski definition) is 1. The molecular formula is C24H28N4O4S. The third-order valence-electron chi connectivity index (χ3n) is 6.05. The Morgan fingerprint density at radius 1 is 1.12 bits per heavy atom. The zero-order valence-corrected chi connectivity index (χ0v) is 19.8. The number of rotatable bonds is 7. The Morgan fingerprint density at radius 3 is 2.48 bits per heavy atom. The van der Waals surface area contributed by atoms with Gasteiger partial charge in [0.15, 0.2) is 0 Å². The fourth-order valence-electron chi connectivity index (χ4n) is 4.22. The number of sulfonamides is 1. The molecule has 1 amide bonds. The highest BCUT2D eigenvalue weighted by Crippen LogP contribution is 2.27. The van der Waals surface area contributed by atoms with Gasteiger partial charge < -0.3 is 10.1 Å². The lowest BCUT2D eigenvalue weighted by molar-refractivity contribution is -0.124. The van der Waals surface area contributed by atoms with E-state index in [9.17, 15) is 13.2 Å². The molecule has 0 aliphatic carbocycles. The topological polar surface area (TPSA) is 93.5 Å². The molecule has 3 aromatic rings. The van der Waals surface area contributed by atoms with Gasteiger partial charge >= 0.3 is 0 Å². The lowest BCUT2D eigenvalue weighted by Crippen LogP contribution is -2.45. The highest BCUT2D eigenvalue weighted by atomic mass is 32.2. The molecule has 1 unspecified atom stereocenters. The van der Waals surface area contributed by atoms with E-state index in [0.717, 1.165) is 22.6 Å². The summed E-state index contributed by atoms with van der Waals surface area (Å²) in [6, 6.07) is 15.3. The minimum absolute atomic E-state index is 0.152. The summed E-state index contributed by atoms with van der Waals surface area (Å²) in [5.41, 5.74) is 3.64. The van der Waals surface area contributed by atoms with Crippen molar-refractivity contribution in [3.8, 4) is 11.4 Å². The van der Waals surface area contributed by atoms with Gasteiger partial charge in [0.25, 0.3) is 0 Å². The van der Waals surface area contributed by atoms with Crippen molar-refractivity contribution in [1.29, 1.82) is 0 Å². The van der Waals surface area contributed by atoms with Crippen molar-refractivity contribution in [2.24, 2.45) is 0 Å². The van der Waals surface area contributed by atoms with E-state index in [-0.39, 0.29) is 17.3 Å². The van der Waals surface area contributed by atoms with Crippen LogP contribution in [0.4, 0.5) is 0 Å². The molecule has 174 valence electrons. The van der Waals surface area contributed by atoms with Crippen molar-refractivity contribution < 1.29 is 17.9 Å². The van der Waals surface area contributed by atoms with Crippen LogP contribution >= 0.6 is 0 Å². The quantitative estimate of drug-likeness (QED) is 0.575. The number of amides is 1. The molecular weight excluding hydrogens is 440 g/mol. The summed E-state index contributed by atoms with van der Waals surface area (Å²) in [7, 11) is -2.26. The van der Waals surface area contributed by atoms with Crippen molar-refractivity contribution in [3.63, 3.8) is 0 Å². The Bertz CT molecular complexity index is 1240. The fraction of sp³-hybridized carbons (Fsp3) is 0.333. The molecule has 1 atom stereocenters. The van der Waals surface area contributed by atoms with Crippen LogP contribution in [0.15, 0.2) is 59.5 Å². The van der Waals surface area contributed by atoms with E-state index in [2.05, 4.69) is 10.4 Å². The van der Waals surface area contributed by atoms with Gasteiger partial charge in [0.05, 0.1) is 23.4 Å². The molecule has 0 saturated carbocycles. The highest BCUT2D eigenvalue weighted by molar-refractivity contribution is 7.89. The number of aryl methyl sites for hydroxylation is 1. The van der Waals surface area contributed by atoms with Gasteiger partial charge in [0, 0.05) is 24.3 Å². The molecule has 0 spiro atoms. The second-order valence-electron chi connectivity index (χ2n) is 8.06. The maximum Gasteiger partial charge on any atom is 0.243 e. The first-order valence-electron chi connectivity index (χ1n) is 10.9. The van der Waals surface area contributed by atoms with E-state index in [4.69, 9.17) is 4.74 Å². The molecule has 2 aromatic carbocycles. The van der Waals surface area contributed by atoms with Crippen LogP contribution in [0.1, 0.15) is 29.8 Å². The van der Waals surface area contributed by atoms with Gasteiger partial charge in [0.1, 0.15) is 11.8 Å². The monoisotopic (exact) mass is 468 g/mol. The van der Waals surface area contributed by atoms with Crippen molar-refractivity contribution in [1.82, 2.24) is 19.4 Å². The summed E-state index contributed by atoms with van der Waals surface area (Å²) >= 11 is 0. The standard InChI is InChI=1S/C24H28N4O4S/c1-17-22(18(2)28(26-17)19-8-5-4-6-9-19)16-25-24(29)23-10-7-15-27(23)33(30,31)21-13-11-20(32-3)12-14-21/h4-6,8-9,11-14,23H,7,10,15-16H2,1-3H3,(H,25,29). The summed E-state index contributed by atoms with van der Waals surface area (Å²) in [6.07, 6.45) is 1.12. The Kier molecular flexibility index (Phi) is 6.53. The zero-order valence-electron chi connectivity index (χ0n) is 19.0. The number of hydrogen-bond acceptors (Lipinski definition) is 5. The number of carbonyl (C=O) groups is 1. The van der Waals surface area contributed by atoms with Gasteiger partial charge in [-0.25, -0.2) is 13.1 Å². The SMILES string of the molecule is COc1ccc(S(=O)(=O)N2CCCC2C(=O)NCc2c(C)nn(-c3ccccc3)c2C)cc1. The van der Waals surface area contributed by atoms with Crippen molar-refractivity contribution in [2.75, 3.05) is 13.7 Å². The van der Waals surface area contributed by atoms with Crippen LogP contribution in [-0.2, 0) is 21.4 Å². The molecule has 1 saturated heterocycles. The second kappa shape index (κ2) is 9.36. The van der Waals surface area contributed by atoms with Crippen LogP contribution < -0.4 is 10.1 Å². The Balaban J connectivity index is 1.49. The van der Waals surface area contributed by atoms with Crippen LogP contribution in [0.3, 0.4) is 0 Å². The zero-order chi connectivity index (χ0) is 23.6. The summed E-state index contributed by atoms with van der Waals surface area (Å²) in [6.45, 7) is 4.47. The number of aromatic nitrogens is 2. The average molecular weight is 469 g/mol. The maximum atomic E-state index is 13.2. The van der Waals surface area contributed by atoms with E-state index >= 15 is 0 Å². The normalized spacial score (nSPS) is 16.6. The maximum absolute atomic E-state index is 13.2. The number of ether oxygens (including phenoxy) is 1. The lowest BCUT2D eigenvalue weighted by atomic mass is 10.1. The lowest BCUT2D eigenvalue weighted by Gasteiger charge is -2.23. The first-order chi connectivity index (χ1) is 15.8. The predicted octanol–water partition coefficient (Wildman–Crippen LogP) is 2.97. The molecule has 9 heteroatoms. The molecule has 2 heterocycles. The summed E-state index contributed by atoms with van der Waals surface area (Å²) < 4.78 is 34.6. The highest BCUT2D eigenvalue weighted by Gasteiger charge is 2.39. The van der Waals surface area contributed by atoms with E-state index < -0.39 is 16.1 Å². The Morgan fingerprint density at radius 2 is 1.82 bits per heavy atom. The van der Waals surface area contributed by atoms with Gasteiger partial charge in [-0.3, -0.25) is 4.79 Å². The molecule has 1 aromatic heterocycles. The van der Waals surface area contributed by atoms with E-state index in [1.54, 1.807) is 12.1 Å². The van der Waals surface area contributed by atoms with E-state index in [1.165, 1.54) is 23.5 Å². The first kappa shape index (κ1) is 23.0. The number of methoxy groups -OCH3 is 1. The number of para-hydroxylation sites is 1. The Hall–Kier alpha value is -3.17. The van der Waals surface area contributed by atoms with Gasteiger partial charge in [-0.1, -0.05) is 18.2 Å².